The summed E-state index contributed by atoms with van der Waals surface area (Å²) in [4.78, 5) is 14.3. The molecule has 1 aliphatic rings. The fourth-order valence-corrected chi connectivity index (χ4v) is 3.66. The third kappa shape index (κ3) is 5.89. The van der Waals surface area contributed by atoms with Gasteiger partial charge in [-0.2, -0.15) is 11.8 Å². The Balaban J connectivity index is 2.00. The van der Waals surface area contributed by atoms with Crippen LogP contribution < -0.4 is 5.32 Å². The smallest absolute Gasteiger partial charge is 0.318 e. The first-order valence-corrected chi connectivity index (χ1v) is 8.99. The van der Waals surface area contributed by atoms with Gasteiger partial charge < -0.3 is 15.3 Å². The quantitative estimate of drug-likeness (QED) is 0.876. The maximum Gasteiger partial charge on any atom is 0.318 e. The van der Waals surface area contributed by atoms with E-state index in [0.29, 0.717) is 13.1 Å². The van der Waals surface area contributed by atoms with E-state index in [-0.39, 0.29) is 12.1 Å². The number of nitrogens with zero attached hydrogens (tertiary/aromatic N) is 1. The molecule has 1 fully saturated rings. The molecule has 1 atom stereocenters. The molecule has 2 N–H and O–H groups in total. The van der Waals surface area contributed by atoms with Crippen LogP contribution in [0.15, 0.2) is 30.3 Å². The van der Waals surface area contributed by atoms with E-state index in [1.807, 2.05) is 42.1 Å². The van der Waals surface area contributed by atoms with Crippen LogP contribution in [0.1, 0.15) is 32.3 Å². The van der Waals surface area contributed by atoms with Crippen LogP contribution in [-0.2, 0) is 6.54 Å². The Bertz CT molecular complexity index is 467. The number of carbonyl (C=O) groups excluding carboxylic acids is 1. The lowest BCUT2D eigenvalue weighted by Gasteiger charge is -2.32. The highest BCUT2D eigenvalue weighted by atomic mass is 32.2. The van der Waals surface area contributed by atoms with Crippen molar-refractivity contribution >= 4 is 17.8 Å². The molecule has 1 saturated heterocycles. The van der Waals surface area contributed by atoms with Crippen molar-refractivity contribution in [2.24, 2.45) is 0 Å². The average Bonchev–Trinajstić information content (AvgIpc) is 2.47. The molecule has 0 saturated carbocycles. The molecule has 2 amide bonds. The molecule has 2 rings (SSSR count). The number of thioether (sulfide) groups is 1. The molecular formula is C17H26N2O2S. The lowest BCUT2D eigenvalue weighted by molar-refractivity contribution is 0.0442. The first-order valence-electron chi connectivity index (χ1n) is 7.83. The minimum absolute atomic E-state index is 0.0847. The molecule has 0 spiro atoms. The summed E-state index contributed by atoms with van der Waals surface area (Å²) in [5, 5.41) is 13.2. The topological polar surface area (TPSA) is 52.6 Å². The third-order valence-corrected chi connectivity index (χ3v) is 4.78. The SMILES string of the molecule is CC(C)(O)CN(Cc1ccccc1)C(=O)N[C@H]1CCCSC1. The van der Waals surface area contributed by atoms with E-state index < -0.39 is 5.60 Å². The summed E-state index contributed by atoms with van der Waals surface area (Å²) in [5.74, 6) is 2.16. The monoisotopic (exact) mass is 322 g/mol. The molecule has 0 bridgehead atoms. The normalized spacial score (nSPS) is 18.8. The van der Waals surface area contributed by atoms with Crippen molar-refractivity contribution in [3.63, 3.8) is 0 Å². The highest BCUT2D eigenvalue weighted by Gasteiger charge is 2.25. The second-order valence-electron chi connectivity index (χ2n) is 6.52. The summed E-state index contributed by atoms with van der Waals surface area (Å²) < 4.78 is 0. The number of carbonyl (C=O) groups is 1. The highest BCUT2D eigenvalue weighted by molar-refractivity contribution is 7.99. The van der Waals surface area contributed by atoms with Crippen molar-refractivity contribution in [3.8, 4) is 0 Å². The van der Waals surface area contributed by atoms with Gasteiger partial charge in [-0.25, -0.2) is 4.79 Å². The molecule has 5 heteroatoms. The Hall–Kier alpha value is -1.20. The Morgan fingerprint density at radius 2 is 2.14 bits per heavy atom. The van der Waals surface area contributed by atoms with Gasteiger partial charge in [-0.1, -0.05) is 30.3 Å². The van der Waals surface area contributed by atoms with Crippen LogP contribution in [0.25, 0.3) is 0 Å². The van der Waals surface area contributed by atoms with Gasteiger partial charge in [-0.15, -0.1) is 0 Å². The predicted octanol–water partition coefficient (Wildman–Crippen LogP) is 2.86. The summed E-state index contributed by atoms with van der Waals surface area (Å²) >= 11 is 1.89. The number of urea groups is 1. The molecule has 0 aromatic heterocycles. The van der Waals surface area contributed by atoms with E-state index >= 15 is 0 Å². The fraction of sp³-hybridized carbons (Fsp3) is 0.588. The summed E-state index contributed by atoms with van der Waals surface area (Å²) in [6.45, 7) is 4.29. The molecule has 0 aliphatic carbocycles. The first-order chi connectivity index (χ1) is 10.4. The van der Waals surface area contributed by atoms with Crippen molar-refractivity contribution in [1.29, 1.82) is 0 Å². The molecule has 0 radical (unpaired) electrons. The summed E-state index contributed by atoms with van der Waals surface area (Å²) in [6.07, 6.45) is 2.19. The number of hydrogen-bond donors (Lipinski definition) is 2. The van der Waals surface area contributed by atoms with Gasteiger partial charge in [0.1, 0.15) is 0 Å². The van der Waals surface area contributed by atoms with Gasteiger partial charge in [0.05, 0.1) is 12.1 Å². The average molecular weight is 322 g/mol. The van der Waals surface area contributed by atoms with E-state index in [2.05, 4.69) is 5.32 Å². The lowest BCUT2D eigenvalue weighted by atomic mass is 10.1. The number of hydrogen-bond acceptors (Lipinski definition) is 3. The lowest BCUT2D eigenvalue weighted by Crippen LogP contribution is -2.50. The van der Waals surface area contributed by atoms with E-state index in [0.717, 1.165) is 24.2 Å². The van der Waals surface area contributed by atoms with Crippen molar-refractivity contribution in [1.82, 2.24) is 10.2 Å². The van der Waals surface area contributed by atoms with Gasteiger partial charge in [0.25, 0.3) is 0 Å². The Labute approximate surface area is 137 Å². The maximum absolute atomic E-state index is 12.6. The van der Waals surface area contributed by atoms with Gasteiger partial charge in [-0.3, -0.25) is 0 Å². The maximum atomic E-state index is 12.6. The molecular weight excluding hydrogens is 296 g/mol. The fourth-order valence-electron chi connectivity index (χ4n) is 2.59. The third-order valence-electron chi connectivity index (χ3n) is 3.57. The number of rotatable bonds is 5. The van der Waals surface area contributed by atoms with E-state index in [1.54, 1.807) is 18.7 Å². The van der Waals surface area contributed by atoms with Crippen LogP contribution in [-0.4, -0.2) is 45.7 Å². The Kier molecular flexibility index (Phi) is 6.15. The van der Waals surface area contributed by atoms with Crippen LogP contribution in [0, 0.1) is 0 Å². The van der Waals surface area contributed by atoms with Crippen LogP contribution in [0.3, 0.4) is 0 Å². The van der Waals surface area contributed by atoms with Gasteiger partial charge in [0.15, 0.2) is 0 Å². The van der Waals surface area contributed by atoms with Crippen molar-refractivity contribution < 1.29 is 9.90 Å². The molecule has 1 aliphatic heterocycles. The van der Waals surface area contributed by atoms with Crippen molar-refractivity contribution in [2.45, 2.75) is 44.9 Å². The molecule has 1 aromatic carbocycles. The van der Waals surface area contributed by atoms with Gasteiger partial charge in [-0.05, 0) is 38.0 Å². The molecule has 4 nitrogen and oxygen atoms in total. The number of aliphatic hydroxyl groups is 1. The van der Waals surface area contributed by atoms with E-state index in [1.165, 1.54) is 5.75 Å². The summed E-state index contributed by atoms with van der Waals surface area (Å²) in [6, 6.07) is 10.1. The molecule has 0 unspecified atom stereocenters. The van der Waals surface area contributed by atoms with E-state index in [4.69, 9.17) is 0 Å². The molecule has 122 valence electrons. The number of amides is 2. The zero-order valence-corrected chi connectivity index (χ0v) is 14.2. The minimum Gasteiger partial charge on any atom is -0.389 e. The summed E-state index contributed by atoms with van der Waals surface area (Å²) in [5.41, 5.74) is 0.160. The minimum atomic E-state index is -0.909. The highest BCUT2D eigenvalue weighted by Crippen LogP contribution is 2.18. The molecule has 22 heavy (non-hydrogen) atoms. The van der Waals surface area contributed by atoms with Gasteiger partial charge in [0.2, 0.25) is 0 Å². The van der Waals surface area contributed by atoms with Gasteiger partial charge >= 0.3 is 6.03 Å². The van der Waals surface area contributed by atoms with Crippen LogP contribution >= 0.6 is 11.8 Å². The van der Waals surface area contributed by atoms with Crippen LogP contribution in [0.2, 0.25) is 0 Å². The zero-order valence-electron chi connectivity index (χ0n) is 13.4. The second-order valence-corrected chi connectivity index (χ2v) is 7.67. The molecule has 1 heterocycles. The number of benzene rings is 1. The van der Waals surface area contributed by atoms with Gasteiger partial charge in [0, 0.05) is 18.3 Å². The van der Waals surface area contributed by atoms with Crippen LogP contribution in [0.4, 0.5) is 4.79 Å². The number of nitrogens with one attached hydrogen (secondary N) is 1. The Morgan fingerprint density at radius 1 is 1.41 bits per heavy atom. The largest absolute Gasteiger partial charge is 0.389 e. The van der Waals surface area contributed by atoms with Crippen molar-refractivity contribution in [2.75, 3.05) is 18.1 Å². The zero-order chi connectivity index (χ0) is 16.0. The van der Waals surface area contributed by atoms with Crippen molar-refractivity contribution in [3.05, 3.63) is 35.9 Å². The molecule has 1 aromatic rings. The predicted molar refractivity (Wildman–Crippen MR) is 92.0 cm³/mol. The Morgan fingerprint density at radius 3 is 2.73 bits per heavy atom. The van der Waals surface area contributed by atoms with E-state index in [9.17, 15) is 9.90 Å². The first kappa shape index (κ1) is 17.2. The standard InChI is InChI=1S/C17H26N2O2S/c1-17(2,21)13-19(11-14-7-4-3-5-8-14)16(20)18-15-9-6-10-22-12-15/h3-5,7-8,15,21H,6,9-13H2,1-2H3,(H,18,20)/t15-/m0/s1. The second kappa shape index (κ2) is 7.88. The van der Waals surface area contributed by atoms with Crippen LogP contribution in [0.5, 0.6) is 0 Å². The summed E-state index contributed by atoms with van der Waals surface area (Å²) in [7, 11) is 0.